The molecule has 0 N–H and O–H groups in total. The first kappa shape index (κ1) is 14.4. The maximum absolute atomic E-state index is 5.91. The third kappa shape index (κ3) is 3.71. The van der Waals surface area contributed by atoms with Crippen LogP contribution in [0, 0.1) is 0 Å². The highest BCUT2D eigenvalue weighted by Crippen LogP contribution is 2.29. The highest BCUT2D eigenvalue weighted by molar-refractivity contribution is 7.09. The number of para-hydroxylation sites is 1. The van der Waals surface area contributed by atoms with Crippen LogP contribution >= 0.6 is 22.9 Å². The summed E-state index contributed by atoms with van der Waals surface area (Å²) in [6.45, 7) is 4.92. The van der Waals surface area contributed by atoms with E-state index in [0.717, 1.165) is 22.9 Å². The van der Waals surface area contributed by atoms with Crippen molar-refractivity contribution in [1.29, 1.82) is 0 Å². The van der Waals surface area contributed by atoms with Crippen LogP contribution in [0.25, 0.3) is 0 Å². The fraction of sp³-hybridized carbons (Fsp3) is 0.400. The minimum Gasteiger partial charge on any atom is -0.486 e. The van der Waals surface area contributed by atoms with E-state index >= 15 is 0 Å². The predicted octanol–water partition coefficient (Wildman–Crippen LogP) is 4.97. The Kier molecular flexibility index (Phi) is 5.23. The summed E-state index contributed by atoms with van der Waals surface area (Å²) in [7, 11) is 0. The van der Waals surface area contributed by atoms with Gasteiger partial charge in [-0.25, -0.2) is 4.98 Å². The van der Waals surface area contributed by atoms with Gasteiger partial charge in [-0.05, 0) is 24.0 Å². The average Bonchev–Trinajstić information content (AvgIpc) is 2.92. The minimum atomic E-state index is 0.458. The summed E-state index contributed by atoms with van der Waals surface area (Å²) in [4.78, 5) is 4.40. The summed E-state index contributed by atoms with van der Waals surface area (Å²) in [5, 5.41) is 2.95. The number of hydrogen-bond donors (Lipinski definition) is 0. The number of benzene rings is 1. The summed E-state index contributed by atoms with van der Waals surface area (Å²) in [5.74, 6) is 1.92. The highest BCUT2D eigenvalue weighted by Gasteiger charge is 2.10. The van der Waals surface area contributed by atoms with E-state index in [2.05, 4.69) is 31.0 Å². The molecule has 1 aromatic carbocycles. The molecule has 2 aromatic rings. The molecule has 0 amide bonds. The van der Waals surface area contributed by atoms with Crippen molar-refractivity contribution in [3.63, 3.8) is 0 Å². The zero-order valence-corrected chi connectivity index (χ0v) is 12.8. The monoisotopic (exact) mass is 295 g/mol. The molecule has 1 atom stereocenters. The van der Waals surface area contributed by atoms with Crippen LogP contribution in [0.4, 0.5) is 0 Å². The molecule has 2 rings (SSSR count). The molecule has 2 nitrogen and oxygen atoms in total. The number of halogens is 1. The van der Waals surface area contributed by atoms with Gasteiger partial charge in [0.05, 0.1) is 11.6 Å². The lowest BCUT2D eigenvalue weighted by Gasteiger charge is -2.14. The molecule has 1 heterocycles. The summed E-state index contributed by atoms with van der Waals surface area (Å²) in [6.07, 6.45) is 1.11. The van der Waals surface area contributed by atoms with Gasteiger partial charge in [-0.3, -0.25) is 0 Å². The molecule has 0 saturated heterocycles. The predicted molar refractivity (Wildman–Crippen MR) is 81.2 cm³/mol. The van der Waals surface area contributed by atoms with Gasteiger partial charge in [0.2, 0.25) is 0 Å². The Labute approximate surface area is 123 Å². The van der Waals surface area contributed by atoms with E-state index in [1.165, 1.54) is 5.56 Å². The Morgan fingerprint density at radius 3 is 2.84 bits per heavy atom. The minimum absolute atomic E-state index is 0.458. The Morgan fingerprint density at radius 2 is 2.16 bits per heavy atom. The molecule has 0 radical (unpaired) electrons. The smallest absolute Gasteiger partial charge is 0.140 e. The second-order valence-corrected chi connectivity index (χ2v) is 5.71. The highest BCUT2D eigenvalue weighted by atomic mass is 35.5. The van der Waals surface area contributed by atoms with Crippen LogP contribution < -0.4 is 4.74 Å². The van der Waals surface area contributed by atoms with Gasteiger partial charge in [-0.2, -0.15) is 0 Å². The third-order valence-corrected chi connectivity index (χ3v) is 4.29. The van der Waals surface area contributed by atoms with Gasteiger partial charge in [0.1, 0.15) is 17.4 Å². The Balaban J connectivity index is 2.06. The maximum atomic E-state index is 5.91. The number of ether oxygens (including phenoxy) is 1. The molecule has 19 heavy (non-hydrogen) atoms. The summed E-state index contributed by atoms with van der Waals surface area (Å²) >= 11 is 7.34. The van der Waals surface area contributed by atoms with Crippen molar-refractivity contribution in [3.8, 4) is 5.75 Å². The van der Waals surface area contributed by atoms with Crippen molar-refractivity contribution in [1.82, 2.24) is 4.98 Å². The van der Waals surface area contributed by atoms with Crippen molar-refractivity contribution in [2.45, 2.75) is 38.7 Å². The van der Waals surface area contributed by atoms with Gasteiger partial charge in [0.15, 0.2) is 0 Å². The topological polar surface area (TPSA) is 22.1 Å². The Morgan fingerprint density at radius 1 is 1.37 bits per heavy atom. The molecule has 1 unspecified atom stereocenters. The molecule has 102 valence electrons. The maximum Gasteiger partial charge on any atom is 0.140 e. The van der Waals surface area contributed by atoms with Gasteiger partial charge in [0, 0.05) is 5.38 Å². The van der Waals surface area contributed by atoms with Crippen LogP contribution in [0.3, 0.4) is 0 Å². The molecular formula is C15H18ClNOS. The van der Waals surface area contributed by atoms with Gasteiger partial charge in [0.25, 0.3) is 0 Å². The van der Waals surface area contributed by atoms with Gasteiger partial charge < -0.3 is 4.74 Å². The fourth-order valence-corrected chi connectivity index (χ4v) is 2.79. The largest absolute Gasteiger partial charge is 0.486 e. The lowest BCUT2D eigenvalue weighted by atomic mass is 9.98. The number of rotatable bonds is 6. The molecule has 0 fully saturated rings. The van der Waals surface area contributed by atoms with E-state index in [0.29, 0.717) is 18.4 Å². The second-order valence-electron chi connectivity index (χ2n) is 4.50. The van der Waals surface area contributed by atoms with E-state index in [4.69, 9.17) is 16.3 Å². The Bertz CT molecular complexity index is 526. The van der Waals surface area contributed by atoms with Crippen LogP contribution in [-0.4, -0.2) is 4.98 Å². The molecule has 1 aromatic heterocycles. The van der Waals surface area contributed by atoms with Gasteiger partial charge in [-0.15, -0.1) is 22.9 Å². The van der Waals surface area contributed by atoms with Crippen molar-refractivity contribution in [3.05, 3.63) is 45.9 Å². The molecule has 0 aliphatic carbocycles. The number of thiazole rings is 1. The normalized spacial score (nSPS) is 12.4. The van der Waals surface area contributed by atoms with E-state index in [-0.39, 0.29) is 0 Å². The number of alkyl halides is 1. The number of aromatic nitrogens is 1. The quantitative estimate of drug-likeness (QED) is 0.702. The van der Waals surface area contributed by atoms with Crippen LogP contribution in [0.15, 0.2) is 29.6 Å². The van der Waals surface area contributed by atoms with Crippen LogP contribution in [0.5, 0.6) is 5.75 Å². The SMILES string of the molecule is CCC(C)c1ccccc1OCc1nc(CCl)cs1. The van der Waals surface area contributed by atoms with Gasteiger partial charge in [-0.1, -0.05) is 32.0 Å². The summed E-state index contributed by atoms with van der Waals surface area (Å²) in [6, 6.07) is 8.23. The first-order valence-electron chi connectivity index (χ1n) is 6.45. The summed E-state index contributed by atoms with van der Waals surface area (Å²) < 4.78 is 5.91. The zero-order valence-electron chi connectivity index (χ0n) is 11.2. The Hall–Kier alpha value is -1.06. The fourth-order valence-electron chi connectivity index (χ4n) is 1.86. The first-order valence-corrected chi connectivity index (χ1v) is 7.87. The van der Waals surface area contributed by atoms with Crippen LogP contribution in [0.2, 0.25) is 0 Å². The second kappa shape index (κ2) is 6.92. The van der Waals surface area contributed by atoms with Crippen molar-refractivity contribution in [2.75, 3.05) is 0 Å². The standard InChI is InChI=1S/C15H18ClNOS/c1-3-11(2)13-6-4-5-7-14(13)18-9-15-17-12(8-16)10-19-15/h4-7,10-11H,3,8-9H2,1-2H3. The van der Waals surface area contributed by atoms with Crippen molar-refractivity contribution >= 4 is 22.9 Å². The number of hydrogen-bond acceptors (Lipinski definition) is 3. The lowest BCUT2D eigenvalue weighted by Crippen LogP contribution is -2.00. The van der Waals surface area contributed by atoms with Crippen LogP contribution in [0.1, 0.15) is 42.5 Å². The summed E-state index contributed by atoms with van der Waals surface area (Å²) in [5.41, 5.74) is 2.18. The van der Waals surface area contributed by atoms with Gasteiger partial charge >= 0.3 is 0 Å². The molecule has 0 aliphatic heterocycles. The average molecular weight is 296 g/mol. The molecule has 0 spiro atoms. The third-order valence-electron chi connectivity index (χ3n) is 3.15. The molecule has 4 heteroatoms. The van der Waals surface area contributed by atoms with E-state index in [9.17, 15) is 0 Å². The van der Waals surface area contributed by atoms with Crippen LogP contribution in [-0.2, 0) is 12.5 Å². The van der Waals surface area contributed by atoms with E-state index in [1.807, 2.05) is 17.5 Å². The zero-order chi connectivity index (χ0) is 13.7. The van der Waals surface area contributed by atoms with Crippen molar-refractivity contribution < 1.29 is 4.74 Å². The van der Waals surface area contributed by atoms with E-state index in [1.54, 1.807) is 11.3 Å². The molecule has 0 aliphatic rings. The molecule has 0 bridgehead atoms. The van der Waals surface area contributed by atoms with E-state index < -0.39 is 0 Å². The number of nitrogens with zero attached hydrogens (tertiary/aromatic N) is 1. The first-order chi connectivity index (χ1) is 9.24. The lowest BCUT2D eigenvalue weighted by molar-refractivity contribution is 0.300. The van der Waals surface area contributed by atoms with Crippen molar-refractivity contribution in [2.24, 2.45) is 0 Å². The molecule has 0 saturated carbocycles. The molecular weight excluding hydrogens is 278 g/mol.